The molecular weight excluding hydrogens is 508 g/mol. The Bertz CT molecular complexity index is 934. The SMILES string of the molecule is CN=C(NCc1ccc(S(C)(=O)=O)c(C)c1)NCC(OC)c1ccc(F)cc1.I. The number of methoxy groups -OCH3 is 1. The third kappa shape index (κ3) is 7.56. The van der Waals surface area contributed by atoms with Crippen molar-refractivity contribution in [3.05, 3.63) is 65.0 Å². The molecule has 2 aromatic carbocycles. The van der Waals surface area contributed by atoms with Gasteiger partial charge in [0.25, 0.3) is 0 Å². The van der Waals surface area contributed by atoms with Crippen LogP contribution in [0.3, 0.4) is 0 Å². The number of halogens is 2. The zero-order valence-electron chi connectivity index (χ0n) is 16.9. The predicted molar refractivity (Wildman–Crippen MR) is 124 cm³/mol. The van der Waals surface area contributed by atoms with Crippen LogP contribution in [0.15, 0.2) is 52.4 Å². The lowest BCUT2D eigenvalue weighted by Crippen LogP contribution is -2.39. The van der Waals surface area contributed by atoms with Crippen molar-refractivity contribution in [2.45, 2.75) is 24.5 Å². The third-order valence-electron chi connectivity index (χ3n) is 4.30. The number of rotatable bonds is 7. The van der Waals surface area contributed by atoms with E-state index in [9.17, 15) is 12.8 Å². The number of nitrogens with one attached hydrogen (secondary N) is 2. The molecule has 0 saturated carbocycles. The number of nitrogens with zero attached hydrogens (tertiary/aromatic N) is 1. The van der Waals surface area contributed by atoms with Crippen LogP contribution in [0.4, 0.5) is 4.39 Å². The molecule has 0 radical (unpaired) electrons. The van der Waals surface area contributed by atoms with Crippen LogP contribution < -0.4 is 10.6 Å². The van der Waals surface area contributed by atoms with E-state index in [1.165, 1.54) is 18.4 Å². The highest BCUT2D eigenvalue weighted by molar-refractivity contribution is 14.0. The zero-order chi connectivity index (χ0) is 20.7. The van der Waals surface area contributed by atoms with Crippen LogP contribution in [0, 0.1) is 12.7 Å². The van der Waals surface area contributed by atoms with Crippen LogP contribution in [0.25, 0.3) is 0 Å². The van der Waals surface area contributed by atoms with Crippen molar-refractivity contribution >= 4 is 39.8 Å². The number of benzene rings is 2. The van der Waals surface area contributed by atoms with E-state index in [4.69, 9.17) is 4.74 Å². The first-order valence-electron chi connectivity index (χ1n) is 8.77. The van der Waals surface area contributed by atoms with Gasteiger partial charge in [-0.05, 0) is 41.8 Å². The highest BCUT2D eigenvalue weighted by Crippen LogP contribution is 2.17. The van der Waals surface area contributed by atoms with Crippen molar-refractivity contribution in [1.82, 2.24) is 10.6 Å². The number of sulfone groups is 1. The summed E-state index contributed by atoms with van der Waals surface area (Å²) in [7, 11) is 0.0248. The molecule has 2 aromatic rings. The van der Waals surface area contributed by atoms with Gasteiger partial charge >= 0.3 is 0 Å². The van der Waals surface area contributed by atoms with E-state index in [0.717, 1.165) is 11.1 Å². The minimum atomic E-state index is -3.23. The molecule has 0 aliphatic heterocycles. The fourth-order valence-electron chi connectivity index (χ4n) is 2.85. The van der Waals surface area contributed by atoms with E-state index < -0.39 is 9.84 Å². The molecule has 0 bridgehead atoms. The van der Waals surface area contributed by atoms with Gasteiger partial charge in [0, 0.05) is 33.5 Å². The summed E-state index contributed by atoms with van der Waals surface area (Å²) in [5, 5.41) is 6.36. The molecule has 0 heterocycles. The van der Waals surface area contributed by atoms with Gasteiger partial charge in [-0.25, -0.2) is 12.8 Å². The molecule has 2 rings (SSSR count). The molecule has 0 aromatic heterocycles. The monoisotopic (exact) mass is 535 g/mol. The molecule has 0 saturated heterocycles. The summed E-state index contributed by atoms with van der Waals surface area (Å²) < 4.78 is 42.0. The number of aliphatic imine (C=N–C) groups is 1. The van der Waals surface area contributed by atoms with Gasteiger partial charge in [-0.1, -0.05) is 24.3 Å². The van der Waals surface area contributed by atoms with E-state index in [2.05, 4.69) is 15.6 Å². The molecular formula is C20H27FIN3O3S. The largest absolute Gasteiger partial charge is 0.375 e. The van der Waals surface area contributed by atoms with Crippen molar-refractivity contribution in [2.24, 2.45) is 4.99 Å². The molecule has 0 aliphatic carbocycles. The van der Waals surface area contributed by atoms with E-state index in [1.807, 2.05) is 6.07 Å². The van der Waals surface area contributed by atoms with Crippen LogP contribution in [0.2, 0.25) is 0 Å². The van der Waals surface area contributed by atoms with Crippen LogP contribution in [-0.4, -0.2) is 41.3 Å². The summed E-state index contributed by atoms with van der Waals surface area (Å²) in [5.41, 5.74) is 2.51. The van der Waals surface area contributed by atoms with Crippen molar-refractivity contribution in [3.8, 4) is 0 Å². The average molecular weight is 535 g/mol. The minimum absolute atomic E-state index is 0. The maximum Gasteiger partial charge on any atom is 0.191 e. The standard InChI is InChI=1S/C20H26FN3O3S.HI/c1-14-11-15(5-10-19(14)28(4,25)26)12-23-20(22-2)24-13-18(27-3)16-6-8-17(21)9-7-16;/h5-11,18H,12-13H2,1-4H3,(H2,22,23,24);1H. The summed E-state index contributed by atoms with van der Waals surface area (Å²) in [6, 6.07) is 11.4. The van der Waals surface area contributed by atoms with E-state index in [-0.39, 0.29) is 35.9 Å². The van der Waals surface area contributed by atoms with Crippen LogP contribution in [0.1, 0.15) is 22.8 Å². The topological polar surface area (TPSA) is 79.8 Å². The van der Waals surface area contributed by atoms with Gasteiger partial charge in [-0.15, -0.1) is 24.0 Å². The van der Waals surface area contributed by atoms with Crippen molar-refractivity contribution in [3.63, 3.8) is 0 Å². The molecule has 160 valence electrons. The fourth-order valence-corrected chi connectivity index (χ4v) is 3.81. The number of hydrogen-bond acceptors (Lipinski definition) is 4. The Labute approximate surface area is 188 Å². The Kier molecular flexibility index (Phi) is 10.0. The Morgan fingerprint density at radius 1 is 1.17 bits per heavy atom. The number of hydrogen-bond donors (Lipinski definition) is 2. The Hall–Kier alpha value is -1.72. The molecule has 1 atom stereocenters. The molecule has 0 fully saturated rings. The van der Waals surface area contributed by atoms with Crippen molar-refractivity contribution in [2.75, 3.05) is 27.0 Å². The minimum Gasteiger partial charge on any atom is -0.375 e. The van der Waals surface area contributed by atoms with Gasteiger partial charge < -0.3 is 15.4 Å². The highest BCUT2D eigenvalue weighted by Gasteiger charge is 2.13. The first-order chi connectivity index (χ1) is 13.2. The molecule has 0 amide bonds. The summed E-state index contributed by atoms with van der Waals surface area (Å²) >= 11 is 0. The summed E-state index contributed by atoms with van der Waals surface area (Å²) in [5.74, 6) is 0.287. The van der Waals surface area contributed by atoms with Crippen molar-refractivity contribution < 1.29 is 17.5 Å². The molecule has 1 unspecified atom stereocenters. The average Bonchev–Trinajstić information content (AvgIpc) is 2.65. The molecule has 6 nitrogen and oxygen atoms in total. The normalized spacial score (nSPS) is 12.8. The maximum absolute atomic E-state index is 13.1. The van der Waals surface area contributed by atoms with Crippen LogP contribution >= 0.6 is 24.0 Å². The second-order valence-corrected chi connectivity index (χ2v) is 8.44. The number of aryl methyl sites for hydroxylation is 1. The molecule has 0 spiro atoms. The number of ether oxygens (including phenoxy) is 1. The van der Waals surface area contributed by atoms with E-state index in [1.54, 1.807) is 45.3 Å². The van der Waals surface area contributed by atoms with Gasteiger partial charge in [0.15, 0.2) is 15.8 Å². The Morgan fingerprint density at radius 2 is 1.83 bits per heavy atom. The lowest BCUT2D eigenvalue weighted by atomic mass is 10.1. The van der Waals surface area contributed by atoms with Crippen molar-refractivity contribution in [1.29, 1.82) is 0 Å². The Morgan fingerprint density at radius 3 is 2.34 bits per heavy atom. The Balaban J connectivity index is 0.00000420. The summed E-state index contributed by atoms with van der Waals surface area (Å²) in [6.45, 7) is 2.71. The summed E-state index contributed by atoms with van der Waals surface area (Å²) in [6.07, 6.45) is 0.947. The van der Waals surface area contributed by atoms with Gasteiger partial charge in [0.2, 0.25) is 0 Å². The van der Waals surface area contributed by atoms with Gasteiger partial charge in [0.05, 0.1) is 11.0 Å². The lowest BCUT2D eigenvalue weighted by molar-refractivity contribution is 0.106. The quantitative estimate of drug-likeness (QED) is 0.324. The predicted octanol–water partition coefficient (Wildman–Crippen LogP) is 3.21. The van der Waals surface area contributed by atoms with Gasteiger partial charge in [-0.3, -0.25) is 4.99 Å². The summed E-state index contributed by atoms with van der Waals surface area (Å²) in [4.78, 5) is 4.51. The molecule has 2 N–H and O–H groups in total. The molecule has 9 heteroatoms. The van der Waals surface area contributed by atoms with E-state index >= 15 is 0 Å². The third-order valence-corrected chi connectivity index (χ3v) is 5.56. The second kappa shape index (κ2) is 11.5. The number of guanidine groups is 1. The van der Waals surface area contributed by atoms with Crippen LogP contribution in [-0.2, 0) is 21.1 Å². The second-order valence-electron chi connectivity index (χ2n) is 6.45. The van der Waals surface area contributed by atoms with Gasteiger partial charge in [0.1, 0.15) is 5.82 Å². The first-order valence-corrected chi connectivity index (χ1v) is 10.7. The lowest BCUT2D eigenvalue weighted by Gasteiger charge is -2.19. The van der Waals surface area contributed by atoms with Crippen LogP contribution in [0.5, 0.6) is 0 Å². The molecule has 0 aliphatic rings. The molecule has 29 heavy (non-hydrogen) atoms. The maximum atomic E-state index is 13.1. The van der Waals surface area contributed by atoms with E-state index in [0.29, 0.717) is 29.5 Å². The zero-order valence-corrected chi connectivity index (χ0v) is 20.0. The fraction of sp³-hybridized carbons (Fsp3) is 0.350. The smallest absolute Gasteiger partial charge is 0.191 e. The first kappa shape index (κ1) is 25.3. The highest BCUT2D eigenvalue weighted by atomic mass is 127. The van der Waals surface area contributed by atoms with Gasteiger partial charge in [-0.2, -0.15) is 0 Å².